The number of hydrogen-bond donors (Lipinski definition) is 2. The van der Waals surface area contributed by atoms with E-state index in [1.165, 1.54) is 6.07 Å². The molecule has 6 nitrogen and oxygen atoms in total. The number of fused-ring (bicyclic) bond motifs is 1. The molecule has 0 aliphatic heterocycles. The molecule has 0 aliphatic rings. The first-order chi connectivity index (χ1) is 13.0. The molecule has 2 aromatic heterocycles. The molecule has 0 saturated carbocycles. The fraction of sp³-hybridized carbons (Fsp3) is 0.0500. The van der Waals surface area contributed by atoms with E-state index < -0.39 is 0 Å². The van der Waals surface area contributed by atoms with Crippen molar-refractivity contribution in [2.24, 2.45) is 0 Å². The predicted molar refractivity (Wildman–Crippen MR) is 107 cm³/mol. The Kier molecular flexibility index (Phi) is 4.37. The Bertz CT molecular complexity index is 1210. The number of amides is 1. The Morgan fingerprint density at radius 2 is 2.00 bits per heavy atom. The van der Waals surface area contributed by atoms with Crippen molar-refractivity contribution in [3.8, 4) is 11.3 Å². The summed E-state index contributed by atoms with van der Waals surface area (Å²) in [6.45, 7) is 1.86. The minimum absolute atomic E-state index is 0.268. The van der Waals surface area contributed by atoms with Gasteiger partial charge >= 0.3 is 0 Å². The molecule has 27 heavy (non-hydrogen) atoms. The van der Waals surface area contributed by atoms with Crippen molar-refractivity contribution in [3.05, 3.63) is 80.7 Å². The average molecular weight is 424 g/mol. The highest BCUT2D eigenvalue weighted by atomic mass is 79.9. The third-order valence-electron chi connectivity index (χ3n) is 4.20. The van der Waals surface area contributed by atoms with Crippen molar-refractivity contribution >= 4 is 38.5 Å². The summed E-state index contributed by atoms with van der Waals surface area (Å²) in [7, 11) is 0. The summed E-state index contributed by atoms with van der Waals surface area (Å²) in [4.78, 5) is 23.9. The molecule has 0 spiro atoms. The lowest BCUT2D eigenvalue weighted by molar-refractivity contribution is 0.0998. The third kappa shape index (κ3) is 3.41. The summed E-state index contributed by atoms with van der Waals surface area (Å²) in [5.41, 5.74) is 3.15. The number of anilines is 1. The fourth-order valence-corrected chi connectivity index (χ4v) is 3.22. The van der Waals surface area contributed by atoms with E-state index in [1.807, 2.05) is 31.2 Å². The Morgan fingerprint density at radius 1 is 1.15 bits per heavy atom. The van der Waals surface area contributed by atoms with E-state index in [2.05, 4.69) is 31.4 Å². The van der Waals surface area contributed by atoms with E-state index in [1.54, 1.807) is 24.3 Å². The number of benzene rings is 2. The van der Waals surface area contributed by atoms with Crippen LogP contribution in [0.5, 0.6) is 0 Å². The summed E-state index contributed by atoms with van der Waals surface area (Å²) in [6, 6.07) is 15.9. The molecule has 0 aliphatic carbocycles. The van der Waals surface area contributed by atoms with Gasteiger partial charge in [-0.2, -0.15) is 5.10 Å². The van der Waals surface area contributed by atoms with E-state index in [0.29, 0.717) is 17.0 Å². The van der Waals surface area contributed by atoms with Crippen LogP contribution >= 0.6 is 15.9 Å². The molecule has 0 radical (unpaired) electrons. The first-order valence-corrected chi connectivity index (χ1v) is 8.97. The number of H-pyrrole nitrogens is 1. The van der Waals surface area contributed by atoms with Crippen LogP contribution in [0.3, 0.4) is 0 Å². The topological polar surface area (TPSA) is 88.0 Å². The normalized spacial score (nSPS) is 10.9. The van der Waals surface area contributed by atoms with Crippen molar-refractivity contribution in [1.29, 1.82) is 0 Å². The largest absolute Gasteiger partial charge is 0.451 e. The molecule has 2 N–H and O–H groups in total. The second-order valence-corrected chi connectivity index (χ2v) is 6.95. The molecule has 4 rings (SSSR count). The minimum atomic E-state index is -0.327. The number of halogens is 1. The lowest BCUT2D eigenvalue weighted by Crippen LogP contribution is -2.12. The van der Waals surface area contributed by atoms with Gasteiger partial charge in [0, 0.05) is 32.7 Å². The van der Waals surface area contributed by atoms with Gasteiger partial charge in [0.2, 0.25) is 0 Å². The third-order valence-corrected chi connectivity index (χ3v) is 4.69. The molecule has 0 atom stereocenters. The number of aromatic nitrogens is 2. The van der Waals surface area contributed by atoms with E-state index in [4.69, 9.17) is 4.42 Å². The summed E-state index contributed by atoms with van der Waals surface area (Å²) >= 11 is 3.43. The molecule has 0 saturated heterocycles. The van der Waals surface area contributed by atoms with Crippen molar-refractivity contribution in [2.45, 2.75) is 6.92 Å². The SMILES string of the molecule is Cc1c(C(=O)Nc2cccc(-c3ccc(=O)[nH]n3)c2)oc2ccc(Br)cc12. The molecule has 2 heterocycles. The number of carbonyl (C=O) groups is 1. The smallest absolute Gasteiger partial charge is 0.291 e. The Balaban J connectivity index is 1.63. The molecule has 4 aromatic rings. The van der Waals surface area contributed by atoms with Gasteiger partial charge in [-0.3, -0.25) is 9.59 Å². The lowest BCUT2D eigenvalue weighted by atomic mass is 10.1. The standard InChI is InChI=1S/C20H14BrN3O3/c1-11-15-10-13(21)5-7-17(15)27-19(11)20(26)22-14-4-2-3-12(9-14)16-6-8-18(25)24-23-16/h2-10H,1H3,(H,22,26)(H,24,25). The second-order valence-electron chi connectivity index (χ2n) is 6.04. The van der Waals surface area contributed by atoms with E-state index >= 15 is 0 Å². The minimum Gasteiger partial charge on any atom is -0.451 e. The van der Waals surface area contributed by atoms with Crippen LogP contribution in [0.15, 0.2) is 68.3 Å². The van der Waals surface area contributed by atoms with Gasteiger partial charge in [0.05, 0.1) is 5.69 Å². The van der Waals surface area contributed by atoms with Crippen molar-refractivity contribution in [3.63, 3.8) is 0 Å². The van der Waals surface area contributed by atoms with Crippen LogP contribution in [0.2, 0.25) is 0 Å². The van der Waals surface area contributed by atoms with Crippen LogP contribution in [-0.2, 0) is 0 Å². The summed E-state index contributed by atoms with van der Waals surface area (Å²) in [5.74, 6) is -0.0536. The van der Waals surface area contributed by atoms with Gasteiger partial charge in [0.15, 0.2) is 5.76 Å². The number of rotatable bonds is 3. The first kappa shape index (κ1) is 17.2. The maximum absolute atomic E-state index is 12.7. The van der Waals surface area contributed by atoms with Crippen LogP contribution in [0.25, 0.3) is 22.2 Å². The van der Waals surface area contributed by atoms with Crippen LogP contribution in [0.4, 0.5) is 5.69 Å². The summed E-state index contributed by atoms with van der Waals surface area (Å²) in [6.07, 6.45) is 0. The van der Waals surface area contributed by atoms with E-state index in [-0.39, 0.29) is 17.2 Å². The van der Waals surface area contributed by atoms with Gasteiger partial charge in [-0.05, 0) is 43.3 Å². The van der Waals surface area contributed by atoms with Crippen molar-refractivity contribution in [2.75, 3.05) is 5.32 Å². The molecular weight excluding hydrogens is 410 g/mol. The molecule has 0 bridgehead atoms. The molecular formula is C20H14BrN3O3. The molecule has 134 valence electrons. The number of nitrogens with zero attached hydrogens (tertiary/aromatic N) is 1. The fourth-order valence-electron chi connectivity index (χ4n) is 2.86. The Labute approximate surface area is 162 Å². The number of aromatic amines is 1. The van der Waals surface area contributed by atoms with Crippen molar-refractivity contribution in [1.82, 2.24) is 10.2 Å². The van der Waals surface area contributed by atoms with Crippen LogP contribution < -0.4 is 10.9 Å². The van der Waals surface area contributed by atoms with Crippen LogP contribution in [0, 0.1) is 6.92 Å². The number of hydrogen-bond acceptors (Lipinski definition) is 4. The van der Waals surface area contributed by atoms with Crippen LogP contribution in [0.1, 0.15) is 16.1 Å². The highest BCUT2D eigenvalue weighted by Crippen LogP contribution is 2.29. The Hall–Kier alpha value is -3.19. The molecule has 2 aromatic carbocycles. The zero-order valence-electron chi connectivity index (χ0n) is 14.2. The summed E-state index contributed by atoms with van der Waals surface area (Å²) < 4.78 is 6.65. The maximum atomic E-state index is 12.7. The van der Waals surface area contributed by atoms with Gasteiger partial charge < -0.3 is 9.73 Å². The van der Waals surface area contributed by atoms with Crippen molar-refractivity contribution < 1.29 is 9.21 Å². The molecule has 0 fully saturated rings. The highest BCUT2D eigenvalue weighted by Gasteiger charge is 2.18. The van der Waals surface area contributed by atoms with E-state index in [9.17, 15) is 9.59 Å². The predicted octanol–water partition coefficient (Wildman–Crippen LogP) is 4.51. The zero-order valence-corrected chi connectivity index (χ0v) is 15.8. The monoisotopic (exact) mass is 423 g/mol. The molecule has 0 unspecified atom stereocenters. The van der Waals surface area contributed by atoms with Crippen LogP contribution in [-0.4, -0.2) is 16.1 Å². The quantitative estimate of drug-likeness (QED) is 0.507. The molecule has 7 heteroatoms. The molecule has 1 amide bonds. The van der Waals surface area contributed by atoms with Gasteiger partial charge in [-0.1, -0.05) is 28.1 Å². The van der Waals surface area contributed by atoms with Gasteiger partial charge in [-0.15, -0.1) is 0 Å². The van der Waals surface area contributed by atoms with Gasteiger partial charge in [0.25, 0.3) is 11.5 Å². The van der Waals surface area contributed by atoms with Gasteiger partial charge in [0.1, 0.15) is 5.58 Å². The van der Waals surface area contributed by atoms with Gasteiger partial charge in [-0.25, -0.2) is 5.10 Å². The number of furan rings is 1. The number of aryl methyl sites for hydroxylation is 1. The average Bonchev–Trinajstić information content (AvgIpc) is 2.99. The number of carbonyl (C=O) groups excluding carboxylic acids is 1. The number of nitrogens with one attached hydrogen (secondary N) is 2. The first-order valence-electron chi connectivity index (χ1n) is 8.17. The zero-order chi connectivity index (χ0) is 19.0. The lowest BCUT2D eigenvalue weighted by Gasteiger charge is -2.06. The summed E-state index contributed by atoms with van der Waals surface area (Å²) in [5, 5.41) is 10.1. The van der Waals surface area contributed by atoms with E-state index in [0.717, 1.165) is 21.0 Å². The maximum Gasteiger partial charge on any atom is 0.291 e. The Morgan fingerprint density at radius 3 is 2.78 bits per heavy atom. The highest BCUT2D eigenvalue weighted by molar-refractivity contribution is 9.10. The second kappa shape index (κ2) is 6.85.